The molecule has 0 N–H and O–H groups in total. The lowest BCUT2D eigenvalue weighted by molar-refractivity contribution is -0.106. The second-order valence-corrected chi connectivity index (χ2v) is 8.51. The quantitative estimate of drug-likeness (QED) is 0.563. The first-order chi connectivity index (χ1) is 9.23. The van der Waals surface area contributed by atoms with Crippen LogP contribution in [0.3, 0.4) is 0 Å². The van der Waals surface area contributed by atoms with Crippen molar-refractivity contribution < 1.29 is 0 Å². The molecule has 6 rings (SSSR count). The van der Waals surface area contributed by atoms with E-state index in [2.05, 4.69) is 25.2 Å². The Morgan fingerprint density at radius 1 is 1.16 bits per heavy atom. The van der Waals surface area contributed by atoms with Crippen molar-refractivity contribution >= 4 is 0 Å². The zero-order chi connectivity index (χ0) is 12.7. The van der Waals surface area contributed by atoms with Crippen LogP contribution in [0, 0.1) is 34.5 Å². The Balaban J connectivity index is 1.55. The fraction of sp³-hybridized carbons (Fsp3) is 0.789. The van der Waals surface area contributed by atoms with E-state index in [1.54, 1.807) is 12.8 Å². The first-order valence-corrected chi connectivity index (χ1v) is 8.60. The summed E-state index contributed by atoms with van der Waals surface area (Å²) in [5, 5.41) is 0. The number of allylic oxidation sites excluding steroid dienone is 4. The molecule has 0 unspecified atom stereocenters. The van der Waals surface area contributed by atoms with Gasteiger partial charge in [-0.3, -0.25) is 0 Å². The van der Waals surface area contributed by atoms with Crippen LogP contribution in [0.1, 0.15) is 58.3 Å². The molecular weight excluding hydrogens is 228 g/mol. The highest BCUT2D eigenvalue weighted by molar-refractivity contribution is 5.39. The first-order valence-electron chi connectivity index (χ1n) is 8.60. The van der Waals surface area contributed by atoms with E-state index in [9.17, 15) is 0 Å². The lowest BCUT2D eigenvalue weighted by atomic mass is 9.37. The molecule has 0 aliphatic heterocycles. The van der Waals surface area contributed by atoms with Gasteiger partial charge in [-0.2, -0.15) is 0 Å². The highest BCUT2D eigenvalue weighted by Gasteiger charge is 2.64. The summed E-state index contributed by atoms with van der Waals surface area (Å²) in [4.78, 5) is 0. The van der Waals surface area contributed by atoms with Crippen molar-refractivity contribution in [1.82, 2.24) is 0 Å². The van der Waals surface area contributed by atoms with Crippen LogP contribution >= 0.6 is 0 Å². The van der Waals surface area contributed by atoms with Crippen LogP contribution in [0.4, 0.5) is 0 Å². The maximum atomic E-state index is 2.62. The van der Waals surface area contributed by atoms with E-state index >= 15 is 0 Å². The largest absolute Gasteiger partial charge is 0.0837 e. The van der Waals surface area contributed by atoms with Gasteiger partial charge in [-0.05, 0) is 79.4 Å². The fourth-order valence-electron chi connectivity index (χ4n) is 7.25. The van der Waals surface area contributed by atoms with Crippen molar-refractivity contribution in [3.05, 3.63) is 23.8 Å². The standard InChI is InChI=1S/C19H26/c1-18-8-4-6-16(18)14-11-13-12-19(17(14)7-10-18)9-3-2-5-15(13)19/h2-3,5,13-14,16-17H,4,6-12H2,1H3/t13-,14-,16-,17-,18-,19+/m0/s1. The van der Waals surface area contributed by atoms with Crippen molar-refractivity contribution in [2.75, 3.05) is 0 Å². The Kier molecular flexibility index (Phi) is 1.99. The van der Waals surface area contributed by atoms with Crippen LogP contribution in [-0.2, 0) is 0 Å². The monoisotopic (exact) mass is 254 g/mol. The van der Waals surface area contributed by atoms with E-state index < -0.39 is 0 Å². The molecule has 0 aromatic rings. The number of hydrogen-bond donors (Lipinski definition) is 0. The molecule has 6 aliphatic carbocycles. The summed E-state index contributed by atoms with van der Waals surface area (Å²) in [5.74, 6) is 4.20. The summed E-state index contributed by atoms with van der Waals surface area (Å²) in [5.41, 5.74) is 3.26. The van der Waals surface area contributed by atoms with Gasteiger partial charge >= 0.3 is 0 Å². The number of fused-ring (bicyclic) bond motifs is 1. The zero-order valence-electron chi connectivity index (χ0n) is 12.2. The average Bonchev–Trinajstić information content (AvgIpc) is 2.80. The molecule has 1 spiro atoms. The Hall–Kier alpha value is -0.520. The molecule has 5 saturated carbocycles. The predicted molar refractivity (Wildman–Crippen MR) is 78.7 cm³/mol. The van der Waals surface area contributed by atoms with Gasteiger partial charge in [-0.15, -0.1) is 0 Å². The smallest absolute Gasteiger partial charge is 0.00110 e. The number of rotatable bonds is 0. The second kappa shape index (κ2) is 3.38. The Morgan fingerprint density at radius 3 is 3.05 bits per heavy atom. The molecule has 0 amide bonds. The van der Waals surface area contributed by atoms with Gasteiger partial charge in [0.2, 0.25) is 0 Å². The Labute approximate surface area is 117 Å². The van der Waals surface area contributed by atoms with Gasteiger partial charge < -0.3 is 0 Å². The van der Waals surface area contributed by atoms with Crippen LogP contribution in [0.5, 0.6) is 0 Å². The first kappa shape index (κ1) is 11.2. The predicted octanol–water partition coefficient (Wildman–Crippen LogP) is 5.12. The minimum Gasteiger partial charge on any atom is -0.0837 e. The summed E-state index contributed by atoms with van der Waals surface area (Å²) >= 11 is 0. The van der Waals surface area contributed by atoms with E-state index in [-0.39, 0.29) is 0 Å². The second-order valence-electron chi connectivity index (χ2n) is 8.51. The van der Waals surface area contributed by atoms with E-state index in [0.29, 0.717) is 5.41 Å². The molecule has 19 heavy (non-hydrogen) atoms. The van der Waals surface area contributed by atoms with Crippen LogP contribution in [-0.4, -0.2) is 0 Å². The van der Waals surface area contributed by atoms with E-state index in [0.717, 1.165) is 29.1 Å². The minimum absolute atomic E-state index is 0.659. The van der Waals surface area contributed by atoms with Gasteiger partial charge in [0.15, 0.2) is 0 Å². The van der Waals surface area contributed by atoms with Crippen LogP contribution < -0.4 is 0 Å². The molecular formula is C19H26. The van der Waals surface area contributed by atoms with Gasteiger partial charge in [0.05, 0.1) is 0 Å². The third-order valence-corrected chi connectivity index (χ3v) is 8.00. The Morgan fingerprint density at radius 2 is 2.11 bits per heavy atom. The van der Waals surface area contributed by atoms with Crippen LogP contribution in [0.25, 0.3) is 0 Å². The highest BCUT2D eigenvalue weighted by Crippen LogP contribution is 2.73. The van der Waals surface area contributed by atoms with Gasteiger partial charge in [-0.25, -0.2) is 0 Å². The molecule has 0 radical (unpaired) electrons. The van der Waals surface area contributed by atoms with E-state index in [1.807, 2.05) is 5.57 Å². The summed E-state index contributed by atoms with van der Waals surface area (Å²) in [6.07, 6.45) is 19.4. The third kappa shape index (κ3) is 1.18. The third-order valence-electron chi connectivity index (χ3n) is 8.00. The number of hydrogen-bond acceptors (Lipinski definition) is 0. The molecule has 5 fully saturated rings. The Bertz CT molecular complexity index is 484. The highest BCUT2D eigenvalue weighted by atomic mass is 14.7. The van der Waals surface area contributed by atoms with Crippen molar-refractivity contribution in [1.29, 1.82) is 0 Å². The average molecular weight is 254 g/mol. The molecule has 0 nitrogen and oxygen atoms in total. The summed E-state index contributed by atoms with van der Waals surface area (Å²) < 4.78 is 0. The van der Waals surface area contributed by atoms with Crippen molar-refractivity contribution in [3.63, 3.8) is 0 Å². The van der Waals surface area contributed by atoms with E-state index in [1.165, 1.54) is 38.5 Å². The van der Waals surface area contributed by atoms with Crippen molar-refractivity contribution in [2.45, 2.75) is 58.3 Å². The van der Waals surface area contributed by atoms with Crippen LogP contribution in [0.15, 0.2) is 23.8 Å². The molecule has 6 atom stereocenters. The summed E-state index contributed by atoms with van der Waals surface area (Å²) in [6, 6.07) is 0. The lowest BCUT2D eigenvalue weighted by Crippen LogP contribution is -2.58. The SMILES string of the molecule is C[C@@]12CCC[C@H]1[C@@H]1C[C@H]3C[C@@]4(CC=CC=C34)[C@H]1CC2. The molecule has 0 heterocycles. The van der Waals surface area contributed by atoms with Gasteiger partial charge in [0, 0.05) is 0 Å². The maximum Gasteiger partial charge on any atom is -0.00110 e. The topological polar surface area (TPSA) is 0 Å². The fourth-order valence-corrected chi connectivity index (χ4v) is 7.25. The summed E-state index contributed by atoms with van der Waals surface area (Å²) in [6.45, 7) is 2.62. The van der Waals surface area contributed by atoms with Crippen molar-refractivity contribution in [2.24, 2.45) is 34.5 Å². The van der Waals surface area contributed by atoms with Crippen molar-refractivity contribution in [3.8, 4) is 0 Å². The molecule has 0 heteroatoms. The van der Waals surface area contributed by atoms with Gasteiger partial charge in [0.25, 0.3) is 0 Å². The van der Waals surface area contributed by atoms with E-state index in [4.69, 9.17) is 0 Å². The van der Waals surface area contributed by atoms with Gasteiger partial charge in [0.1, 0.15) is 0 Å². The molecule has 0 aromatic heterocycles. The molecule has 0 saturated heterocycles. The normalized spacial score (nSPS) is 57.6. The zero-order valence-corrected chi connectivity index (χ0v) is 12.2. The van der Waals surface area contributed by atoms with Gasteiger partial charge in [-0.1, -0.05) is 37.1 Å². The summed E-state index contributed by atoms with van der Waals surface area (Å²) in [7, 11) is 0. The lowest BCUT2D eigenvalue weighted by Gasteiger charge is -2.67. The molecule has 2 bridgehead atoms. The van der Waals surface area contributed by atoms with Crippen LogP contribution in [0.2, 0.25) is 0 Å². The minimum atomic E-state index is 0.659. The molecule has 6 aliphatic rings. The molecule has 0 aromatic carbocycles. The molecule has 102 valence electrons. The maximum absolute atomic E-state index is 2.62.